The van der Waals surface area contributed by atoms with Crippen LogP contribution in [0.4, 0.5) is 14.7 Å². The van der Waals surface area contributed by atoms with E-state index in [1.54, 1.807) is 32.7 Å². The number of rotatable bonds is 2. The Balaban J connectivity index is 2.27. The Morgan fingerprint density at radius 2 is 1.82 bits per heavy atom. The number of hydrogen-bond donors (Lipinski definition) is 0. The van der Waals surface area contributed by atoms with Gasteiger partial charge in [0.15, 0.2) is 5.13 Å². The molecule has 0 saturated carbocycles. The van der Waals surface area contributed by atoms with Gasteiger partial charge in [-0.3, -0.25) is 9.80 Å². The highest BCUT2D eigenvalue weighted by Gasteiger charge is 2.37. The molecule has 2 rings (SSSR count). The second-order valence-corrected chi connectivity index (χ2v) is 9.67. The smallest absolute Gasteiger partial charge is 0.416 e. The molecule has 1 fully saturated rings. The largest absolute Gasteiger partial charge is 0.444 e. The van der Waals surface area contributed by atoms with Crippen molar-refractivity contribution < 1.29 is 19.1 Å². The number of amides is 2. The lowest BCUT2D eigenvalue weighted by Gasteiger charge is -2.28. The molecule has 0 N–H and O–H groups in total. The molecule has 1 saturated heterocycles. The van der Waals surface area contributed by atoms with Crippen LogP contribution < -0.4 is 4.90 Å². The standard InChI is InChI=1S/C19H28N4O4S/c1-18(2,3)26-16(24)22(7)15-21-14(13(11-20)28-15)12-9-8-10-23(12)17(25)27-19(4,5)6/h12H,8-10H2,1-7H3/t12-/m1/s1. The summed E-state index contributed by atoms with van der Waals surface area (Å²) in [6.45, 7) is 11.3. The van der Waals surface area contributed by atoms with Gasteiger partial charge in [-0.1, -0.05) is 11.3 Å². The van der Waals surface area contributed by atoms with Gasteiger partial charge in [-0.15, -0.1) is 0 Å². The maximum atomic E-state index is 12.6. The quantitative estimate of drug-likeness (QED) is 0.717. The summed E-state index contributed by atoms with van der Waals surface area (Å²) in [5.41, 5.74) is -0.740. The van der Waals surface area contributed by atoms with Crippen molar-refractivity contribution in [1.29, 1.82) is 5.26 Å². The van der Waals surface area contributed by atoms with Crippen molar-refractivity contribution in [2.75, 3.05) is 18.5 Å². The first kappa shape index (κ1) is 22.0. The number of likely N-dealkylation sites (tertiary alicyclic amines) is 1. The van der Waals surface area contributed by atoms with E-state index in [4.69, 9.17) is 9.47 Å². The van der Waals surface area contributed by atoms with Gasteiger partial charge < -0.3 is 9.47 Å². The Bertz CT molecular complexity index is 785. The summed E-state index contributed by atoms with van der Waals surface area (Å²) in [5, 5.41) is 9.92. The van der Waals surface area contributed by atoms with E-state index in [-0.39, 0.29) is 6.04 Å². The van der Waals surface area contributed by atoms with Gasteiger partial charge in [0.25, 0.3) is 0 Å². The molecule has 0 aromatic carbocycles. The van der Waals surface area contributed by atoms with Crippen LogP contribution in [0.1, 0.15) is 71.0 Å². The fourth-order valence-corrected chi connectivity index (χ4v) is 3.64. The van der Waals surface area contributed by atoms with Gasteiger partial charge in [-0.05, 0) is 54.4 Å². The predicted molar refractivity (Wildman–Crippen MR) is 106 cm³/mol. The molecule has 8 nitrogen and oxygen atoms in total. The zero-order valence-electron chi connectivity index (χ0n) is 17.5. The van der Waals surface area contributed by atoms with Crippen LogP contribution in [0.2, 0.25) is 0 Å². The lowest BCUT2D eigenvalue weighted by molar-refractivity contribution is 0.0221. The van der Waals surface area contributed by atoms with Crippen molar-refractivity contribution in [3.05, 3.63) is 10.6 Å². The zero-order chi connectivity index (χ0) is 21.3. The van der Waals surface area contributed by atoms with Gasteiger partial charge in [-0.2, -0.15) is 5.26 Å². The first-order valence-corrected chi connectivity index (χ1v) is 10.0. The number of nitriles is 1. The zero-order valence-corrected chi connectivity index (χ0v) is 18.3. The van der Waals surface area contributed by atoms with E-state index in [1.165, 1.54) is 4.90 Å². The van der Waals surface area contributed by atoms with Crippen LogP contribution in [0.5, 0.6) is 0 Å². The Kier molecular flexibility index (Phi) is 6.24. The molecule has 2 amide bonds. The molecule has 1 aliphatic rings. The summed E-state index contributed by atoms with van der Waals surface area (Å²) in [5.74, 6) is 0. The highest BCUT2D eigenvalue weighted by molar-refractivity contribution is 7.16. The minimum absolute atomic E-state index is 0.346. The molecular formula is C19H28N4O4S. The van der Waals surface area contributed by atoms with Crippen molar-refractivity contribution in [1.82, 2.24) is 9.88 Å². The van der Waals surface area contributed by atoms with Crippen LogP contribution in [0.3, 0.4) is 0 Å². The Morgan fingerprint density at radius 3 is 2.36 bits per heavy atom. The molecule has 9 heteroatoms. The summed E-state index contributed by atoms with van der Waals surface area (Å²) < 4.78 is 10.9. The van der Waals surface area contributed by atoms with Gasteiger partial charge in [0.2, 0.25) is 0 Å². The van der Waals surface area contributed by atoms with Gasteiger partial charge in [0.05, 0.1) is 11.7 Å². The van der Waals surface area contributed by atoms with Crippen molar-refractivity contribution in [3.63, 3.8) is 0 Å². The molecule has 2 heterocycles. The highest BCUT2D eigenvalue weighted by Crippen LogP contribution is 2.38. The van der Waals surface area contributed by atoms with Gasteiger partial charge in [-0.25, -0.2) is 14.6 Å². The molecule has 0 aliphatic carbocycles. The normalized spacial score (nSPS) is 17.2. The van der Waals surface area contributed by atoms with Crippen molar-refractivity contribution in [3.8, 4) is 6.07 Å². The molecule has 0 bridgehead atoms. The number of thiazole rings is 1. The minimum atomic E-state index is -0.636. The summed E-state index contributed by atoms with van der Waals surface area (Å²) in [4.78, 5) is 32.7. The average molecular weight is 409 g/mol. The molecule has 0 unspecified atom stereocenters. The van der Waals surface area contributed by atoms with E-state index in [0.29, 0.717) is 28.7 Å². The van der Waals surface area contributed by atoms with Crippen LogP contribution in [-0.4, -0.2) is 46.9 Å². The SMILES string of the molecule is CN(C(=O)OC(C)(C)C)c1nc([C@H]2CCCN2C(=O)OC(C)(C)C)c(C#N)s1. The van der Waals surface area contributed by atoms with Crippen LogP contribution in [0.25, 0.3) is 0 Å². The van der Waals surface area contributed by atoms with Crippen molar-refractivity contribution in [2.45, 2.75) is 71.6 Å². The number of carbonyl (C=O) groups excluding carboxylic acids is 2. The van der Waals surface area contributed by atoms with Crippen LogP contribution in [0.15, 0.2) is 0 Å². The van der Waals surface area contributed by atoms with Crippen molar-refractivity contribution >= 4 is 28.7 Å². The summed E-state index contributed by atoms with van der Waals surface area (Å²) in [7, 11) is 1.55. The maximum Gasteiger partial charge on any atom is 0.416 e. The number of ether oxygens (including phenoxy) is 2. The molecule has 1 atom stereocenters. The summed E-state index contributed by atoms with van der Waals surface area (Å²) >= 11 is 1.11. The molecule has 0 spiro atoms. The second kappa shape index (κ2) is 7.95. The molecule has 28 heavy (non-hydrogen) atoms. The number of nitrogens with zero attached hydrogens (tertiary/aromatic N) is 4. The predicted octanol–water partition coefficient (Wildman–Crippen LogP) is 4.46. The van der Waals surface area contributed by atoms with Gasteiger partial charge in [0, 0.05) is 13.6 Å². The number of hydrogen-bond acceptors (Lipinski definition) is 7. The fourth-order valence-electron chi connectivity index (χ4n) is 2.77. The first-order chi connectivity index (χ1) is 12.8. The number of carbonyl (C=O) groups is 2. The first-order valence-electron chi connectivity index (χ1n) is 9.19. The van der Waals surface area contributed by atoms with Gasteiger partial charge in [0.1, 0.15) is 22.1 Å². The average Bonchev–Trinajstić information content (AvgIpc) is 3.16. The minimum Gasteiger partial charge on any atom is -0.444 e. The van der Waals surface area contributed by atoms with Crippen LogP contribution in [0, 0.1) is 11.3 Å². The molecular weight excluding hydrogens is 380 g/mol. The Labute approximate surface area is 170 Å². The molecule has 1 aromatic rings. The monoisotopic (exact) mass is 408 g/mol. The molecule has 0 radical (unpaired) electrons. The fraction of sp³-hybridized carbons (Fsp3) is 0.684. The molecule has 154 valence electrons. The number of aromatic nitrogens is 1. The van der Waals surface area contributed by atoms with Gasteiger partial charge >= 0.3 is 12.2 Å². The lowest BCUT2D eigenvalue weighted by atomic mass is 10.1. The third kappa shape index (κ3) is 5.35. The molecule has 1 aromatic heterocycles. The second-order valence-electron chi connectivity index (χ2n) is 8.69. The third-order valence-electron chi connectivity index (χ3n) is 3.89. The van der Waals surface area contributed by atoms with E-state index in [1.807, 2.05) is 20.8 Å². The summed E-state index contributed by atoms with van der Waals surface area (Å²) in [6, 6.07) is 1.80. The van der Waals surface area contributed by atoms with E-state index >= 15 is 0 Å². The molecule has 1 aliphatic heterocycles. The van der Waals surface area contributed by atoms with E-state index < -0.39 is 23.4 Å². The van der Waals surface area contributed by atoms with E-state index in [9.17, 15) is 14.9 Å². The lowest BCUT2D eigenvalue weighted by Crippen LogP contribution is -2.36. The topological polar surface area (TPSA) is 95.8 Å². The van der Waals surface area contributed by atoms with Crippen molar-refractivity contribution in [2.24, 2.45) is 0 Å². The van der Waals surface area contributed by atoms with E-state index in [2.05, 4.69) is 11.1 Å². The van der Waals surface area contributed by atoms with Crippen LogP contribution in [-0.2, 0) is 9.47 Å². The number of anilines is 1. The maximum absolute atomic E-state index is 12.6. The highest BCUT2D eigenvalue weighted by atomic mass is 32.1. The Morgan fingerprint density at radius 1 is 1.21 bits per heavy atom. The Hall–Kier alpha value is -2.34. The third-order valence-corrected chi connectivity index (χ3v) is 4.95. The summed E-state index contributed by atoms with van der Waals surface area (Å²) in [6.07, 6.45) is 0.512. The van der Waals surface area contributed by atoms with E-state index in [0.717, 1.165) is 17.8 Å². The van der Waals surface area contributed by atoms with Crippen LogP contribution >= 0.6 is 11.3 Å².